The van der Waals surface area contributed by atoms with E-state index in [0.717, 1.165) is 0 Å². The molecule has 0 aromatic carbocycles. The summed E-state index contributed by atoms with van der Waals surface area (Å²) in [4.78, 5) is 91.2. The van der Waals surface area contributed by atoms with Crippen molar-refractivity contribution in [2.75, 3.05) is 226 Å². The molecule has 430 valence electrons. The van der Waals surface area contributed by atoms with E-state index in [4.69, 9.17) is 28.4 Å². The standard InChI is InChI=1S/C46H87N9O19/c1-69-39(61)28-49-11-7-47(8-12-50(29-40(62)70-2)16-20-53(19-15-49)32-43(65)73-5)23-35(57)25-55(27-37(59)45(67)46(68)38(60)34-56)26-36(58)24-48-9-13-51(30-41(63)71-3)17-21-54(33-44(66)74-6)22-18-52(14-10-48)31-42(64)72-4/h35-38,45-46,56-60,67-68H,7-34H2,1-6H3. The van der Waals surface area contributed by atoms with Crippen molar-refractivity contribution in [3.8, 4) is 0 Å². The maximum atomic E-state index is 12.5. The van der Waals surface area contributed by atoms with Crippen LogP contribution < -0.4 is 0 Å². The molecule has 0 spiro atoms. The maximum absolute atomic E-state index is 12.5. The van der Waals surface area contributed by atoms with Crippen LogP contribution in [-0.2, 0) is 57.2 Å². The van der Waals surface area contributed by atoms with E-state index in [1.165, 1.54) is 47.6 Å². The molecule has 0 aromatic heterocycles. The van der Waals surface area contributed by atoms with E-state index in [1.807, 2.05) is 39.2 Å². The lowest BCUT2D eigenvalue weighted by Crippen LogP contribution is -2.54. The number of hydrogen-bond donors (Lipinski definition) is 7. The van der Waals surface area contributed by atoms with E-state index in [-0.39, 0.29) is 65.4 Å². The summed E-state index contributed by atoms with van der Waals surface area (Å²) >= 11 is 0. The Kier molecular flexibility index (Phi) is 33.2. The summed E-state index contributed by atoms with van der Waals surface area (Å²) in [5.41, 5.74) is 0. The van der Waals surface area contributed by atoms with Crippen molar-refractivity contribution in [2.45, 2.75) is 36.6 Å². The Labute approximate surface area is 434 Å². The number of carbonyl (C=O) groups excluding carboxylic acids is 6. The molecule has 6 unspecified atom stereocenters. The summed E-state index contributed by atoms with van der Waals surface area (Å²) in [7, 11) is 7.69. The van der Waals surface area contributed by atoms with Crippen LogP contribution in [0.4, 0.5) is 0 Å². The number of carbonyl (C=O) groups is 6. The molecule has 7 N–H and O–H groups in total. The van der Waals surface area contributed by atoms with Crippen LogP contribution >= 0.6 is 0 Å². The molecule has 0 saturated carbocycles. The van der Waals surface area contributed by atoms with Gasteiger partial charge in [-0.05, 0) is 0 Å². The van der Waals surface area contributed by atoms with Crippen molar-refractivity contribution in [3.63, 3.8) is 0 Å². The molecule has 2 saturated heterocycles. The number of ether oxygens (including phenoxy) is 6. The molecular weight excluding hydrogens is 983 g/mol. The smallest absolute Gasteiger partial charge is 0.319 e. The van der Waals surface area contributed by atoms with Gasteiger partial charge in [0, 0.05) is 137 Å². The molecule has 28 heteroatoms. The van der Waals surface area contributed by atoms with Crippen molar-refractivity contribution in [3.05, 3.63) is 0 Å². The van der Waals surface area contributed by atoms with Gasteiger partial charge in [0.25, 0.3) is 0 Å². The SMILES string of the molecule is COC(=O)CN1CCN(CC(=O)OC)CCN(CC(O)CN(CC(O)CN2CCN(CC(=O)OC)CCN(CC(=O)OC)CCN(CC(=O)OC)CC2)CC(O)C(O)C(O)C(O)CO)CCN(CC(=O)OC)CC1. The first-order chi connectivity index (χ1) is 35.2. The van der Waals surface area contributed by atoms with Crippen LogP contribution in [0.25, 0.3) is 0 Å². The van der Waals surface area contributed by atoms with Crippen molar-refractivity contribution in [2.24, 2.45) is 0 Å². The summed E-state index contributed by atoms with van der Waals surface area (Å²) in [6, 6.07) is 0. The zero-order chi connectivity index (χ0) is 55.2. The maximum Gasteiger partial charge on any atom is 0.319 e. The van der Waals surface area contributed by atoms with Gasteiger partial charge in [-0.3, -0.25) is 72.9 Å². The Morgan fingerprint density at radius 3 is 0.757 bits per heavy atom. The molecule has 0 aliphatic carbocycles. The highest BCUT2D eigenvalue weighted by Gasteiger charge is 2.33. The van der Waals surface area contributed by atoms with Crippen LogP contribution in [0.3, 0.4) is 0 Å². The largest absolute Gasteiger partial charge is 0.468 e. The minimum absolute atomic E-state index is 0.0128. The lowest BCUT2D eigenvalue weighted by atomic mass is 10.0. The fraction of sp³-hybridized carbons (Fsp3) is 0.870. The molecule has 0 amide bonds. The average Bonchev–Trinajstić information content (AvgIpc) is 3.38. The molecule has 0 radical (unpaired) electrons. The third-order valence-electron chi connectivity index (χ3n) is 13.0. The average molecular weight is 1070 g/mol. The molecule has 6 atom stereocenters. The van der Waals surface area contributed by atoms with Gasteiger partial charge < -0.3 is 64.2 Å². The van der Waals surface area contributed by atoms with Crippen molar-refractivity contribution >= 4 is 35.8 Å². The molecule has 0 bridgehead atoms. The molecule has 2 aliphatic rings. The van der Waals surface area contributed by atoms with Gasteiger partial charge in [0.15, 0.2) is 0 Å². The third kappa shape index (κ3) is 27.3. The Morgan fingerprint density at radius 1 is 0.351 bits per heavy atom. The third-order valence-corrected chi connectivity index (χ3v) is 13.0. The first kappa shape index (κ1) is 66.3. The Balaban J connectivity index is 2.45. The van der Waals surface area contributed by atoms with Gasteiger partial charge in [-0.2, -0.15) is 0 Å². The molecule has 2 rings (SSSR count). The lowest BCUT2D eigenvalue weighted by molar-refractivity contribution is -0.144. The molecule has 2 fully saturated rings. The van der Waals surface area contributed by atoms with Gasteiger partial charge in [-0.25, -0.2) is 0 Å². The highest BCUT2D eigenvalue weighted by molar-refractivity contribution is 5.73. The number of esters is 6. The molecular formula is C46H87N9O19. The normalized spacial score (nSPS) is 20.5. The van der Waals surface area contributed by atoms with Crippen LogP contribution in [0.5, 0.6) is 0 Å². The summed E-state index contributed by atoms with van der Waals surface area (Å²) < 4.78 is 29.6. The number of methoxy groups -OCH3 is 6. The van der Waals surface area contributed by atoms with E-state index < -0.39 is 85.6 Å². The second kappa shape index (κ2) is 37.0. The highest BCUT2D eigenvalue weighted by atomic mass is 16.5. The number of β-amino-alcohol motifs (C(OH)–C–C–N with tert-alkyl or cyclic N) is 2. The van der Waals surface area contributed by atoms with Gasteiger partial charge in [-0.15, -0.1) is 0 Å². The molecule has 74 heavy (non-hydrogen) atoms. The number of hydrogen-bond acceptors (Lipinski definition) is 28. The Hall–Kier alpha value is -3.82. The quantitative estimate of drug-likeness (QED) is 0.0313. The number of aliphatic hydroxyl groups excluding tert-OH is 7. The van der Waals surface area contributed by atoms with Crippen LogP contribution in [0.15, 0.2) is 0 Å². The predicted molar refractivity (Wildman–Crippen MR) is 263 cm³/mol. The summed E-state index contributed by atoms with van der Waals surface area (Å²) in [5, 5.41) is 75.7. The summed E-state index contributed by atoms with van der Waals surface area (Å²) in [5.74, 6) is -2.82. The first-order valence-electron chi connectivity index (χ1n) is 24.9. The zero-order valence-electron chi connectivity index (χ0n) is 44.3. The second-order valence-electron chi connectivity index (χ2n) is 18.5. The van der Waals surface area contributed by atoms with Crippen LogP contribution in [-0.4, -0.2) is 378 Å². The van der Waals surface area contributed by atoms with Gasteiger partial charge in [0.05, 0.1) is 107 Å². The van der Waals surface area contributed by atoms with E-state index >= 15 is 0 Å². The number of nitrogens with zero attached hydrogens (tertiary/aromatic N) is 9. The van der Waals surface area contributed by atoms with E-state index in [1.54, 1.807) is 0 Å². The lowest BCUT2D eigenvalue weighted by Gasteiger charge is -2.36. The number of aliphatic hydroxyl groups is 7. The highest BCUT2D eigenvalue weighted by Crippen LogP contribution is 2.12. The fourth-order valence-electron chi connectivity index (χ4n) is 8.42. The topological polar surface area (TPSA) is 329 Å². The van der Waals surface area contributed by atoms with E-state index in [9.17, 15) is 64.5 Å². The van der Waals surface area contributed by atoms with Crippen LogP contribution in [0.2, 0.25) is 0 Å². The Bertz CT molecular complexity index is 1480. The van der Waals surface area contributed by atoms with Gasteiger partial charge in [0.2, 0.25) is 0 Å². The predicted octanol–water partition coefficient (Wildman–Crippen LogP) is -8.07. The minimum atomic E-state index is -1.95. The van der Waals surface area contributed by atoms with Crippen LogP contribution in [0, 0.1) is 0 Å². The van der Waals surface area contributed by atoms with Gasteiger partial charge in [0.1, 0.15) is 18.3 Å². The van der Waals surface area contributed by atoms with Crippen molar-refractivity contribution in [1.29, 1.82) is 0 Å². The van der Waals surface area contributed by atoms with E-state index in [0.29, 0.717) is 105 Å². The zero-order valence-corrected chi connectivity index (χ0v) is 44.3. The summed E-state index contributed by atoms with van der Waals surface area (Å²) in [6.45, 7) is 3.39. The summed E-state index contributed by atoms with van der Waals surface area (Å²) in [6.07, 6.45) is -9.80. The molecule has 2 aliphatic heterocycles. The first-order valence-corrected chi connectivity index (χ1v) is 24.9. The van der Waals surface area contributed by atoms with Gasteiger partial charge >= 0.3 is 35.8 Å². The Morgan fingerprint density at radius 2 is 0.554 bits per heavy atom. The van der Waals surface area contributed by atoms with E-state index in [2.05, 4.69) is 0 Å². The van der Waals surface area contributed by atoms with Crippen molar-refractivity contribution in [1.82, 2.24) is 44.1 Å². The number of rotatable bonds is 26. The van der Waals surface area contributed by atoms with Crippen LogP contribution in [0.1, 0.15) is 0 Å². The van der Waals surface area contributed by atoms with Crippen molar-refractivity contribution < 1.29 is 92.9 Å². The fourth-order valence-corrected chi connectivity index (χ4v) is 8.42. The molecule has 0 aromatic rings. The molecule has 28 nitrogen and oxygen atoms in total. The monoisotopic (exact) mass is 1070 g/mol. The minimum Gasteiger partial charge on any atom is -0.468 e. The second-order valence-corrected chi connectivity index (χ2v) is 18.5. The molecule has 2 heterocycles. The van der Waals surface area contributed by atoms with Gasteiger partial charge in [-0.1, -0.05) is 0 Å².